The molecule has 0 spiro atoms. The minimum Gasteiger partial charge on any atom is -0.260 e. The molecule has 0 saturated carbocycles. The predicted molar refractivity (Wildman–Crippen MR) is 57.4 cm³/mol. The van der Waals surface area contributed by atoms with E-state index in [1.54, 1.807) is 6.21 Å². The lowest BCUT2D eigenvalue weighted by Crippen LogP contribution is -2.07. The first-order valence-electron chi connectivity index (χ1n) is 5.16. The van der Waals surface area contributed by atoms with E-state index in [-0.39, 0.29) is 5.92 Å². The second-order valence-electron chi connectivity index (χ2n) is 4.24. The standard InChI is InChI=1S/C12H12F3N/c1-7(2)10-6-9(12(13,14)15)5-8-3-4-16-11(8)10/h4-7H,3H2,1-2H3. The maximum atomic E-state index is 12.7. The van der Waals surface area contributed by atoms with Crippen molar-refractivity contribution in [3.63, 3.8) is 0 Å². The fourth-order valence-corrected chi connectivity index (χ4v) is 1.87. The SMILES string of the molecule is CC(C)c1cc(C(F)(F)F)cc2c1N=CC2. The van der Waals surface area contributed by atoms with Crippen molar-refractivity contribution >= 4 is 11.9 Å². The molecule has 0 atom stereocenters. The largest absolute Gasteiger partial charge is 0.416 e. The molecule has 1 heterocycles. The molecule has 0 fully saturated rings. The van der Waals surface area contributed by atoms with Crippen molar-refractivity contribution in [3.8, 4) is 0 Å². The molecule has 4 heteroatoms. The van der Waals surface area contributed by atoms with Gasteiger partial charge >= 0.3 is 6.18 Å². The summed E-state index contributed by atoms with van der Waals surface area (Å²) in [6, 6.07) is 2.42. The second kappa shape index (κ2) is 3.61. The number of halogens is 3. The first-order valence-corrected chi connectivity index (χ1v) is 5.16. The van der Waals surface area contributed by atoms with E-state index in [0.717, 1.165) is 5.69 Å². The van der Waals surface area contributed by atoms with E-state index in [4.69, 9.17) is 0 Å². The number of nitrogens with zero attached hydrogens (tertiary/aromatic N) is 1. The summed E-state index contributed by atoms with van der Waals surface area (Å²) in [6.45, 7) is 3.76. The van der Waals surface area contributed by atoms with Gasteiger partial charge in [0.25, 0.3) is 0 Å². The van der Waals surface area contributed by atoms with Crippen molar-refractivity contribution in [3.05, 3.63) is 28.8 Å². The molecule has 0 bridgehead atoms. The maximum absolute atomic E-state index is 12.7. The summed E-state index contributed by atoms with van der Waals surface area (Å²) in [6.07, 6.45) is -2.11. The first-order chi connectivity index (χ1) is 7.39. The minimum atomic E-state index is -4.28. The molecule has 1 aliphatic heterocycles. The third-order valence-electron chi connectivity index (χ3n) is 2.70. The minimum absolute atomic E-state index is 0.0475. The van der Waals surface area contributed by atoms with Crippen LogP contribution in [0.1, 0.15) is 36.5 Å². The molecule has 16 heavy (non-hydrogen) atoms. The van der Waals surface area contributed by atoms with Crippen LogP contribution in [0.15, 0.2) is 17.1 Å². The van der Waals surface area contributed by atoms with Crippen molar-refractivity contribution in [1.29, 1.82) is 0 Å². The van der Waals surface area contributed by atoms with E-state index >= 15 is 0 Å². The number of alkyl halides is 3. The molecule has 1 nitrogen and oxygen atoms in total. The molecular weight excluding hydrogens is 215 g/mol. The zero-order chi connectivity index (χ0) is 11.9. The van der Waals surface area contributed by atoms with Gasteiger partial charge in [0.15, 0.2) is 0 Å². The Hall–Kier alpha value is -1.32. The van der Waals surface area contributed by atoms with Crippen LogP contribution in [0.3, 0.4) is 0 Å². The van der Waals surface area contributed by atoms with Gasteiger partial charge in [-0.1, -0.05) is 13.8 Å². The molecule has 0 amide bonds. The molecule has 0 radical (unpaired) electrons. The highest BCUT2D eigenvalue weighted by Gasteiger charge is 2.32. The van der Waals surface area contributed by atoms with Crippen LogP contribution in [0.25, 0.3) is 0 Å². The molecule has 0 saturated heterocycles. The van der Waals surface area contributed by atoms with Gasteiger partial charge in [-0.25, -0.2) is 0 Å². The van der Waals surface area contributed by atoms with E-state index in [1.807, 2.05) is 13.8 Å². The molecule has 0 unspecified atom stereocenters. The average Bonchev–Trinajstić information content (AvgIpc) is 2.61. The summed E-state index contributed by atoms with van der Waals surface area (Å²) in [5.41, 5.74) is 1.51. The van der Waals surface area contributed by atoms with Crippen molar-refractivity contribution in [2.24, 2.45) is 4.99 Å². The van der Waals surface area contributed by atoms with Crippen LogP contribution in [0.5, 0.6) is 0 Å². The van der Waals surface area contributed by atoms with Crippen LogP contribution in [0.2, 0.25) is 0 Å². The monoisotopic (exact) mass is 227 g/mol. The Morgan fingerprint density at radius 3 is 2.50 bits per heavy atom. The van der Waals surface area contributed by atoms with E-state index in [9.17, 15) is 13.2 Å². The number of hydrogen-bond donors (Lipinski definition) is 0. The van der Waals surface area contributed by atoms with Gasteiger partial charge in [0.2, 0.25) is 0 Å². The van der Waals surface area contributed by atoms with Gasteiger partial charge in [0, 0.05) is 12.6 Å². The van der Waals surface area contributed by atoms with Crippen LogP contribution in [-0.2, 0) is 12.6 Å². The lowest BCUT2D eigenvalue weighted by molar-refractivity contribution is -0.137. The summed E-state index contributed by atoms with van der Waals surface area (Å²) >= 11 is 0. The topological polar surface area (TPSA) is 12.4 Å². The number of benzene rings is 1. The molecule has 1 aliphatic rings. The van der Waals surface area contributed by atoms with E-state index in [2.05, 4.69) is 4.99 Å². The van der Waals surface area contributed by atoms with Crippen LogP contribution in [0.4, 0.5) is 18.9 Å². The fraction of sp³-hybridized carbons (Fsp3) is 0.417. The lowest BCUT2D eigenvalue weighted by Gasteiger charge is -2.15. The molecule has 0 N–H and O–H groups in total. The average molecular weight is 227 g/mol. The lowest BCUT2D eigenvalue weighted by atomic mass is 9.95. The Balaban J connectivity index is 2.59. The third kappa shape index (κ3) is 1.84. The highest BCUT2D eigenvalue weighted by Crippen LogP contribution is 2.39. The Morgan fingerprint density at radius 2 is 1.94 bits per heavy atom. The van der Waals surface area contributed by atoms with Crippen LogP contribution in [-0.4, -0.2) is 6.21 Å². The third-order valence-corrected chi connectivity index (χ3v) is 2.70. The highest BCUT2D eigenvalue weighted by molar-refractivity contribution is 5.78. The summed E-state index contributed by atoms with van der Waals surface area (Å²) in [4.78, 5) is 4.15. The molecular formula is C12H12F3N. The Kier molecular flexibility index (Phi) is 2.52. The summed E-state index contributed by atoms with van der Waals surface area (Å²) < 4.78 is 38.0. The molecule has 1 aromatic carbocycles. The summed E-state index contributed by atoms with van der Waals surface area (Å²) in [7, 11) is 0. The van der Waals surface area contributed by atoms with Gasteiger partial charge in [-0.15, -0.1) is 0 Å². The van der Waals surface area contributed by atoms with Gasteiger partial charge in [0.05, 0.1) is 11.3 Å². The normalized spacial score (nSPS) is 14.6. The molecule has 2 rings (SSSR count). The number of hydrogen-bond acceptors (Lipinski definition) is 1. The van der Waals surface area contributed by atoms with Crippen molar-refractivity contribution in [1.82, 2.24) is 0 Å². The molecule has 86 valence electrons. The van der Waals surface area contributed by atoms with Gasteiger partial charge in [-0.3, -0.25) is 4.99 Å². The maximum Gasteiger partial charge on any atom is 0.416 e. The molecule has 0 aromatic heterocycles. The second-order valence-corrected chi connectivity index (χ2v) is 4.24. The summed E-state index contributed by atoms with van der Waals surface area (Å²) in [5.74, 6) is 0.0475. The number of aliphatic imine (C=N–C) groups is 1. The molecule has 1 aromatic rings. The first kappa shape index (κ1) is 11.2. The Labute approximate surface area is 92.0 Å². The van der Waals surface area contributed by atoms with Gasteiger partial charge in [0.1, 0.15) is 0 Å². The fourth-order valence-electron chi connectivity index (χ4n) is 1.87. The van der Waals surface area contributed by atoms with Crippen LogP contribution < -0.4 is 0 Å². The van der Waals surface area contributed by atoms with Gasteiger partial charge in [-0.05, 0) is 29.2 Å². The van der Waals surface area contributed by atoms with E-state index in [0.29, 0.717) is 17.5 Å². The smallest absolute Gasteiger partial charge is 0.260 e. The van der Waals surface area contributed by atoms with Gasteiger partial charge in [-0.2, -0.15) is 13.2 Å². The number of fused-ring (bicyclic) bond motifs is 1. The van der Waals surface area contributed by atoms with Gasteiger partial charge < -0.3 is 0 Å². The molecule has 0 aliphatic carbocycles. The summed E-state index contributed by atoms with van der Waals surface area (Å²) in [5, 5.41) is 0. The quantitative estimate of drug-likeness (QED) is 0.685. The zero-order valence-electron chi connectivity index (χ0n) is 9.10. The van der Waals surface area contributed by atoms with E-state index < -0.39 is 11.7 Å². The predicted octanol–water partition coefficient (Wildman–Crippen LogP) is 4.09. The van der Waals surface area contributed by atoms with Crippen molar-refractivity contribution in [2.75, 3.05) is 0 Å². The van der Waals surface area contributed by atoms with Crippen molar-refractivity contribution < 1.29 is 13.2 Å². The Bertz CT molecular complexity index is 444. The van der Waals surface area contributed by atoms with Crippen LogP contribution >= 0.6 is 0 Å². The highest BCUT2D eigenvalue weighted by atomic mass is 19.4. The zero-order valence-corrected chi connectivity index (χ0v) is 9.10. The number of rotatable bonds is 1. The van der Waals surface area contributed by atoms with Crippen LogP contribution in [0, 0.1) is 0 Å². The van der Waals surface area contributed by atoms with Crippen molar-refractivity contribution in [2.45, 2.75) is 32.4 Å². The Morgan fingerprint density at radius 1 is 1.25 bits per heavy atom. The van der Waals surface area contributed by atoms with E-state index in [1.165, 1.54) is 12.1 Å².